The summed E-state index contributed by atoms with van der Waals surface area (Å²) in [5.41, 5.74) is 1.96. The summed E-state index contributed by atoms with van der Waals surface area (Å²) in [5.74, 6) is 0.314. The fraction of sp³-hybridized carbons (Fsp3) is 0.176. The molecule has 0 atom stereocenters. The average molecular weight is 283 g/mol. The molecular weight excluding hydrogens is 266 g/mol. The van der Waals surface area contributed by atoms with Gasteiger partial charge in [-0.25, -0.2) is 4.79 Å². The molecule has 0 aliphatic rings. The van der Waals surface area contributed by atoms with Gasteiger partial charge in [-0.2, -0.15) is 0 Å². The third-order valence-electron chi connectivity index (χ3n) is 2.85. The second-order valence-electron chi connectivity index (χ2n) is 4.62. The minimum Gasteiger partial charge on any atom is -0.478 e. The maximum Gasteiger partial charge on any atom is 0.328 e. The van der Waals surface area contributed by atoms with Crippen LogP contribution < -0.4 is 4.74 Å². The number of pyridine rings is 1. The van der Waals surface area contributed by atoms with E-state index in [0.717, 1.165) is 24.7 Å². The second-order valence-corrected chi connectivity index (χ2v) is 4.62. The van der Waals surface area contributed by atoms with Gasteiger partial charge in [0.15, 0.2) is 0 Å². The summed E-state index contributed by atoms with van der Waals surface area (Å²) in [6.07, 6.45) is 7.89. The number of benzene rings is 1. The van der Waals surface area contributed by atoms with E-state index in [1.54, 1.807) is 18.5 Å². The van der Waals surface area contributed by atoms with Gasteiger partial charge in [-0.05, 0) is 41.8 Å². The number of hydrogen-bond donors (Lipinski definition) is 1. The van der Waals surface area contributed by atoms with Crippen LogP contribution in [-0.4, -0.2) is 16.1 Å². The van der Waals surface area contributed by atoms with Crippen LogP contribution in [0.15, 0.2) is 48.8 Å². The molecule has 1 aromatic heterocycles. The highest BCUT2D eigenvalue weighted by Crippen LogP contribution is 2.22. The Hall–Kier alpha value is -2.62. The third-order valence-corrected chi connectivity index (χ3v) is 2.85. The molecule has 4 heteroatoms. The summed E-state index contributed by atoms with van der Waals surface area (Å²) in [4.78, 5) is 14.5. The third kappa shape index (κ3) is 4.76. The van der Waals surface area contributed by atoms with Crippen LogP contribution in [0.3, 0.4) is 0 Å². The summed E-state index contributed by atoms with van der Waals surface area (Å²) in [5, 5.41) is 8.61. The molecule has 0 spiro atoms. The van der Waals surface area contributed by atoms with Crippen LogP contribution in [0.1, 0.15) is 24.5 Å². The van der Waals surface area contributed by atoms with Gasteiger partial charge in [0.2, 0.25) is 0 Å². The largest absolute Gasteiger partial charge is 0.478 e. The molecule has 1 heterocycles. The first-order valence-corrected chi connectivity index (χ1v) is 6.80. The number of ether oxygens (including phenoxy) is 1. The molecule has 0 aliphatic heterocycles. The Morgan fingerprint density at radius 3 is 2.67 bits per heavy atom. The van der Waals surface area contributed by atoms with E-state index in [1.165, 1.54) is 11.6 Å². The monoisotopic (exact) mass is 283 g/mol. The summed E-state index contributed by atoms with van der Waals surface area (Å²) in [7, 11) is 0. The Balaban J connectivity index is 2.08. The second kappa shape index (κ2) is 7.24. The molecule has 0 amide bonds. The standard InChI is InChI=1S/C17H17NO3/c1-2-3-13-4-7-15(8-5-13)21-16-10-14(11-18-12-16)6-9-17(19)20/h4-12H,2-3H2,1H3,(H,19,20)/b9-6+. The van der Waals surface area contributed by atoms with Crippen molar-refractivity contribution in [2.24, 2.45) is 0 Å². The van der Waals surface area contributed by atoms with Crippen molar-refractivity contribution in [3.05, 3.63) is 59.9 Å². The highest BCUT2D eigenvalue weighted by Gasteiger charge is 2.00. The van der Waals surface area contributed by atoms with Crippen molar-refractivity contribution in [2.45, 2.75) is 19.8 Å². The van der Waals surface area contributed by atoms with Crippen molar-refractivity contribution in [1.29, 1.82) is 0 Å². The molecule has 2 rings (SSSR count). The summed E-state index contributed by atoms with van der Waals surface area (Å²) < 4.78 is 5.72. The molecule has 0 radical (unpaired) electrons. The van der Waals surface area contributed by atoms with E-state index in [0.29, 0.717) is 11.3 Å². The number of rotatable bonds is 6. The van der Waals surface area contributed by atoms with Crippen molar-refractivity contribution in [2.75, 3.05) is 0 Å². The van der Waals surface area contributed by atoms with Crippen molar-refractivity contribution in [1.82, 2.24) is 4.98 Å². The summed E-state index contributed by atoms with van der Waals surface area (Å²) in [6.45, 7) is 2.15. The van der Waals surface area contributed by atoms with E-state index in [1.807, 2.05) is 24.3 Å². The first kappa shape index (κ1) is 14.8. The van der Waals surface area contributed by atoms with E-state index < -0.39 is 5.97 Å². The van der Waals surface area contributed by atoms with Crippen LogP contribution >= 0.6 is 0 Å². The molecule has 0 fully saturated rings. The lowest BCUT2D eigenvalue weighted by atomic mass is 10.1. The highest BCUT2D eigenvalue weighted by molar-refractivity contribution is 5.85. The Morgan fingerprint density at radius 1 is 1.24 bits per heavy atom. The Kier molecular flexibility index (Phi) is 5.10. The van der Waals surface area contributed by atoms with Gasteiger partial charge >= 0.3 is 5.97 Å². The molecule has 21 heavy (non-hydrogen) atoms. The predicted octanol–water partition coefficient (Wildman–Crippen LogP) is 3.92. The molecular formula is C17H17NO3. The topological polar surface area (TPSA) is 59.4 Å². The Labute approximate surface area is 123 Å². The van der Waals surface area contributed by atoms with Gasteiger partial charge < -0.3 is 9.84 Å². The van der Waals surface area contributed by atoms with Gasteiger partial charge in [-0.1, -0.05) is 25.5 Å². The molecule has 1 aromatic carbocycles. The predicted molar refractivity (Wildman–Crippen MR) is 81.4 cm³/mol. The molecule has 0 aliphatic carbocycles. The van der Waals surface area contributed by atoms with Gasteiger partial charge in [0.1, 0.15) is 11.5 Å². The first-order valence-electron chi connectivity index (χ1n) is 6.80. The zero-order valence-corrected chi connectivity index (χ0v) is 11.8. The number of carboxylic acids is 1. The lowest BCUT2D eigenvalue weighted by molar-refractivity contribution is -0.131. The van der Waals surface area contributed by atoms with Crippen LogP contribution in [0.25, 0.3) is 6.08 Å². The van der Waals surface area contributed by atoms with Gasteiger partial charge in [0, 0.05) is 12.3 Å². The molecule has 0 saturated heterocycles. The van der Waals surface area contributed by atoms with Crippen molar-refractivity contribution in [3.8, 4) is 11.5 Å². The van der Waals surface area contributed by atoms with Crippen LogP contribution in [0, 0.1) is 0 Å². The molecule has 2 aromatic rings. The van der Waals surface area contributed by atoms with E-state index in [2.05, 4.69) is 11.9 Å². The molecule has 0 unspecified atom stereocenters. The fourth-order valence-corrected chi connectivity index (χ4v) is 1.90. The fourth-order valence-electron chi connectivity index (χ4n) is 1.90. The molecule has 0 saturated carbocycles. The maximum absolute atomic E-state index is 10.5. The number of hydrogen-bond acceptors (Lipinski definition) is 3. The number of aromatic nitrogens is 1. The molecule has 0 bridgehead atoms. The summed E-state index contributed by atoms with van der Waals surface area (Å²) in [6, 6.07) is 9.67. The number of carboxylic acid groups (broad SMARTS) is 1. The molecule has 1 N–H and O–H groups in total. The molecule has 108 valence electrons. The minimum atomic E-state index is -0.993. The van der Waals surface area contributed by atoms with Gasteiger partial charge in [0.25, 0.3) is 0 Å². The highest BCUT2D eigenvalue weighted by atomic mass is 16.5. The number of aryl methyl sites for hydroxylation is 1. The average Bonchev–Trinajstić information content (AvgIpc) is 2.48. The SMILES string of the molecule is CCCc1ccc(Oc2cncc(/C=C/C(=O)O)c2)cc1. The van der Waals surface area contributed by atoms with Gasteiger partial charge in [-0.3, -0.25) is 4.98 Å². The van der Waals surface area contributed by atoms with Crippen molar-refractivity contribution < 1.29 is 14.6 Å². The first-order chi connectivity index (χ1) is 10.2. The Bertz CT molecular complexity index is 633. The maximum atomic E-state index is 10.5. The van der Waals surface area contributed by atoms with Crippen molar-refractivity contribution in [3.63, 3.8) is 0 Å². The smallest absolute Gasteiger partial charge is 0.328 e. The Morgan fingerprint density at radius 2 is 2.00 bits per heavy atom. The van der Waals surface area contributed by atoms with Gasteiger partial charge in [-0.15, -0.1) is 0 Å². The summed E-state index contributed by atoms with van der Waals surface area (Å²) >= 11 is 0. The quantitative estimate of drug-likeness (QED) is 0.816. The van der Waals surface area contributed by atoms with Crippen LogP contribution in [0.5, 0.6) is 11.5 Å². The lowest BCUT2D eigenvalue weighted by Crippen LogP contribution is -1.89. The van der Waals surface area contributed by atoms with Crippen LogP contribution in [-0.2, 0) is 11.2 Å². The normalized spacial score (nSPS) is 10.7. The zero-order valence-electron chi connectivity index (χ0n) is 11.8. The van der Waals surface area contributed by atoms with E-state index >= 15 is 0 Å². The van der Waals surface area contributed by atoms with Crippen molar-refractivity contribution >= 4 is 12.0 Å². The lowest BCUT2D eigenvalue weighted by Gasteiger charge is -2.07. The zero-order chi connectivity index (χ0) is 15.1. The number of nitrogens with zero attached hydrogens (tertiary/aromatic N) is 1. The van der Waals surface area contributed by atoms with E-state index in [-0.39, 0.29) is 0 Å². The van der Waals surface area contributed by atoms with Gasteiger partial charge in [0.05, 0.1) is 6.20 Å². The molecule has 4 nitrogen and oxygen atoms in total. The number of carbonyl (C=O) groups is 1. The number of aliphatic carboxylic acids is 1. The van der Waals surface area contributed by atoms with Crippen LogP contribution in [0.2, 0.25) is 0 Å². The van der Waals surface area contributed by atoms with Crippen LogP contribution in [0.4, 0.5) is 0 Å². The van der Waals surface area contributed by atoms with E-state index in [9.17, 15) is 4.79 Å². The minimum absolute atomic E-state index is 0.575. The van der Waals surface area contributed by atoms with E-state index in [4.69, 9.17) is 9.84 Å².